The van der Waals surface area contributed by atoms with Crippen LogP contribution in [-0.2, 0) is 14.3 Å². The van der Waals surface area contributed by atoms with Gasteiger partial charge in [-0.05, 0) is 45.4 Å². The molecule has 0 atom stereocenters. The Morgan fingerprint density at radius 3 is 1.67 bits per heavy atom. The number of methoxy groups -OCH3 is 1. The fourth-order valence-corrected chi connectivity index (χ4v) is 3.24. The summed E-state index contributed by atoms with van der Waals surface area (Å²) >= 11 is 0. The lowest BCUT2D eigenvalue weighted by Crippen LogP contribution is -2.48. The number of ketones is 1. The van der Waals surface area contributed by atoms with Gasteiger partial charge in [-0.25, -0.2) is 0 Å². The molecule has 0 heterocycles. The summed E-state index contributed by atoms with van der Waals surface area (Å²) < 4.78 is 4.88. The van der Waals surface area contributed by atoms with Crippen LogP contribution in [-0.4, -0.2) is 18.9 Å². The molecule has 0 N–H and O–H groups in total. The van der Waals surface area contributed by atoms with E-state index in [4.69, 9.17) is 4.74 Å². The molecule has 0 spiro atoms. The fraction of sp³-hybridized carbons (Fsp3) is 0.833. The van der Waals surface area contributed by atoms with Crippen LogP contribution in [0.5, 0.6) is 0 Å². The van der Waals surface area contributed by atoms with Crippen molar-refractivity contribution in [2.75, 3.05) is 7.11 Å². The van der Waals surface area contributed by atoms with E-state index in [1.165, 1.54) is 7.11 Å². The van der Waals surface area contributed by atoms with Crippen molar-refractivity contribution >= 4 is 11.8 Å². The molecule has 0 aromatic carbocycles. The third kappa shape index (κ3) is 1.40. The number of hydrogen-bond acceptors (Lipinski definition) is 3. The highest BCUT2D eigenvalue weighted by atomic mass is 16.5. The minimum atomic E-state index is -0.258. The van der Waals surface area contributed by atoms with Gasteiger partial charge in [-0.15, -0.1) is 0 Å². The average Bonchev–Trinajstić information content (AvgIpc) is 2.30. The molecule has 0 saturated heterocycles. The van der Waals surface area contributed by atoms with Crippen LogP contribution in [0.2, 0.25) is 0 Å². The standard InChI is InChI=1S/C12H18O3/c1-9(13)11-3-6-12(7-4-11,8-5-11)10(14)15-2/h3-8H2,1-2H3. The Bertz CT molecular complexity index is 281. The van der Waals surface area contributed by atoms with E-state index in [0.717, 1.165) is 38.5 Å². The van der Waals surface area contributed by atoms with Crippen LogP contribution in [0, 0.1) is 10.8 Å². The van der Waals surface area contributed by atoms with Gasteiger partial charge in [0, 0.05) is 5.41 Å². The number of esters is 1. The van der Waals surface area contributed by atoms with Crippen molar-refractivity contribution in [3.63, 3.8) is 0 Å². The van der Waals surface area contributed by atoms with Crippen LogP contribution in [0.3, 0.4) is 0 Å². The van der Waals surface area contributed by atoms with Gasteiger partial charge in [0.1, 0.15) is 5.78 Å². The highest BCUT2D eigenvalue weighted by Crippen LogP contribution is 2.57. The molecular formula is C12H18O3. The largest absolute Gasteiger partial charge is 0.469 e. The van der Waals surface area contributed by atoms with Crippen LogP contribution in [0.1, 0.15) is 45.4 Å². The summed E-state index contributed by atoms with van der Waals surface area (Å²) in [6.07, 6.45) is 5.12. The number of carbonyl (C=O) groups excluding carboxylic acids is 2. The van der Waals surface area contributed by atoms with Crippen molar-refractivity contribution in [3.05, 3.63) is 0 Å². The fourth-order valence-electron chi connectivity index (χ4n) is 3.24. The number of ether oxygens (including phenoxy) is 1. The summed E-state index contributed by atoms with van der Waals surface area (Å²) in [6.45, 7) is 1.69. The van der Waals surface area contributed by atoms with Gasteiger partial charge >= 0.3 is 5.97 Å². The Labute approximate surface area is 90.2 Å². The maximum atomic E-state index is 11.7. The molecule has 0 unspecified atom stereocenters. The lowest BCUT2D eigenvalue weighted by atomic mass is 9.52. The molecule has 15 heavy (non-hydrogen) atoms. The van der Waals surface area contributed by atoms with E-state index in [1.54, 1.807) is 6.92 Å². The van der Waals surface area contributed by atoms with E-state index < -0.39 is 0 Å². The van der Waals surface area contributed by atoms with E-state index in [-0.39, 0.29) is 16.8 Å². The van der Waals surface area contributed by atoms with Crippen LogP contribution in [0.25, 0.3) is 0 Å². The van der Waals surface area contributed by atoms with Crippen molar-refractivity contribution in [1.29, 1.82) is 0 Å². The number of rotatable bonds is 2. The molecule has 0 amide bonds. The second kappa shape index (κ2) is 3.32. The van der Waals surface area contributed by atoms with E-state index in [1.807, 2.05) is 0 Å². The first-order valence-electron chi connectivity index (χ1n) is 5.64. The van der Waals surface area contributed by atoms with Crippen molar-refractivity contribution < 1.29 is 14.3 Å². The van der Waals surface area contributed by atoms with Gasteiger partial charge in [-0.2, -0.15) is 0 Å². The lowest BCUT2D eigenvalue weighted by molar-refractivity contribution is -0.165. The quantitative estimate of drug-likeness (QED) is 0.655. The highest BCUT2D eigenvalue weighted by Gasteiger charge is 2.54. The Morgan fingerprint density at radius 2 is 1.33 bits per heavy atom. The first-order valence-corrected chi connectivity index (χ1v) is 5.64. The topological polar surface area (TPSA) is 43.4 Å². The number of fused-ring (bicyclic) bond motifs is 3. The van der Waals surface area contributed by atoms with Crippen LogP contribution >= 0.6 is 0 Å². The zero-order valence-electron chi connectivity index (χ0n) is 9.47. The summed E-state index contributed by atoms with van der Waals surface area (Å²) in [7, 11) is 1.46. The first-order chi connectivity index (χ1) is 7.05. The summed E-state index contributed by atoms with van der Waals surface area (Å²) in [5.74, 6) is 0.236. The second-order valence-electron chi connectivity index (χ2n) is 5.11. The van der Waals surface area contributed by atoms with Crippen LogP contribution in [0.15, 0.2) is 0 Å². The second-order valence-corrected chi connectivity index (χ2v) is 5.11. The molecule has 84 valence electrons. The predicted molar refractivity (Wildman–Crippen MR) is 55.3 cm³/mol. The van der Waals surface area contributed by atoms with Gasteiger partial charge in [-0.3, -0.25) is 9.59 Å². The molecule has 0 aromatic heterocycles. The van der Waals surface area contributed by atoms with E-state index in [9.17, 15) is 9.59 Å². The third-order valence-electron chi connectivity index (χ3n) is 4.61. The Kier molecular flexibility index (Phi) is 2.36. The molecule has 3 aliphatic rings. The van der Waals surface area contributed by atoms with Gasteiger partial charge in [0.15, 0.2) is 0 Å². The smallest absolute Gasteiger partial charge is 0.311 e. The van der Waals surface area contributed by atoms with E-state index in [0.29, 0.717) is 5.78 Å². The molecule has 3 saturated carbocycles. The third-order valence-corrected chi connectivity index (χ3v) is 4.61. The summed E-state index contributed by atoms with van der Waals surface area (Å²) in [5, 5.41) is 0. The Hall–Kier alpha value is -0.860. The zero-order chi connectivity index (χ0) is 11.1. The lowest BCUT2D eigenvalue weighted by Gasteiger charge is -2.50. The molecular weight excluding hydrogens is 192 g/mol. The summed E-state index contributed by atoms with van der Waals surface area (Å²) in [6, 6.07) is 0. The summed E-state index contributed by atoms with van der Waals surface area (Å²) in [4.78, 5) is 23.3. The maximum Gasteiger partial charge on any atom is 0.311 e. The average molecular weight is 210 g/mol. The normalized spacial score (nSPS) is 38.8. The van der Waals surface area contributed by atoms with Gasteiger partial charge in [0.25, 0.3) is 0 Å². The van der Waals surface area contributed by atoms with Gasteiger partial charge in [-0.1, -0.05) is 0 Å². The molecule has 0 aliphatic heterocycles. The number of hydrogen-bond donors (Lipinski definition) is 0. The molecule has 3 heteroatoms. The van der Waals surface area contributed by atoms with Crippen LogP contribution < -0.4 is 0 Å². The van der Waals surface area contributed by atoms with Crippen molar-refractivity contribution in [1.82, 2.24) is 0 Å². The number of Topliss-reactive ketones (excluding diaryl/α,β-unsaturated/α-hetero) is 1. The zero-order valence-corrected chi connectivity index (χ0v) is 9.47. The van der Waals surface area contributed by atoms with Crippen LogP contribution in [0.4, 0.5) is 0 Å². The van der Waals surface area contributed by atoms with Crippen molar-refractivity contribution in [2.45, 2.75) is 45.4 Å². The molecule has 3 aliphatic carbocycles. The molecule has 0 radical (unpaired) electrons. The van der Waals surface area contributed by atoms with Gasteiger partial charge < -0.3 is 4.74 Å². The van der Waals surface area contributed by atoms with E-state index in [2.05, 4.69) is 0 Å². The highest BCUT2D eigenvalue weighted by molar-refractivity contribution is 5.84. The maximum absolute atomic E-state index is 11.7. The molecule has 2 bridgehead atoms. The summed E-state index contributed by atoms with van der Waals surface area (Å²) in [5.41, 5.74) is -0.359. The monoisotopic (exact) mass is 210 g/mol. The van der Waals surface area contributed by atoms with Gasteiger partial charge in [0.05, 0.1) is 12.5 Å². The number of carbonyl (C=O) groups is 2. The SMILES string of the molecule is COC(=O)C12CCC(C(C)=O)(CC1)CC2. The molecule has 0 aromatic rings. The van der Waals surface area contributed by atoms with E-state index >= 15 is 0 Å². The first kappa shape index (κ1) is 10.7. The molecule has 3 rings (SSSR count). The molecule has 3 nitrogen and oxygen atoms in total. The Balaban J connectivity index is 2.17. The minimum Gasteiger partial charge on any atom is -0.469 e. The van der Waals surface area contributed by atoms with Gasteiger partial charge in [0.2, 0.25) is 0 Å². The van der Waals surface area contributed by atoms with Crippen molar-refractivity contribution in [2.24, 2.45) is 10.8 Å². The predicted octanol–water partition coefficient (Wildman–Crippen LogP) is 2.09. The molecule has 3 fully saturated rings. The van der Waals surface area contributed by atoms with Crippen molar-refractivity contribution in [3.8, 4) is 0 Å². The Morgan fingerprint density at radius 1 is 0.933 bits per heavy atom. The minimum absolute atomic E-state index is 0.0700.